The molecule has 1 aromatic carbocycles. The van der Waals surface area contributed by atoms with Gasteiger partial charge in [-0.2, -0.15) is 0 Å². The predicted octanol–water partition coefficient (Wildman–Crippen LogP) is 13.1. The Bertz CT molecular complexity index is 796. The summed E-state index contributed by atoms with van der Waals surface area (Å²) >= 11 is 0. The summed E-state index contributed by atoms with van der Waals surface area (Å²) in [6.45, 7) is 4.57. The molecule has 4 heteroatoms. The van der Waals surface area contributed by atoms with E-state index in [1.54, 1.807) is 14.1 Å². The van der Waals surface area contributed by atoms with Gasteiger partial charge in [-0.3, -0.25) is 9.59 Å². The number of amides is 2. The van der Waals surface area contributed by atoms with Gasteiger partial charge in [0.2, 0.25) is 11.8 Å². The first-order valence-corrected chi connectivity index (χ1v) is 21.1. The van der Waals surface area contributed by atoms with E-state index in [4.69, 9.17) is 0 Å². The lowest BCUT2D eigenvalue weighted by molar-refractivity contribution is -0.123. The van der Waals surface area contributed by atoms with Crippen molar-refractivity contribution in [1.29, 1.82) is 0 Å². The number of carbonyl (C=O) groups excluding carboxylic acids is 2. The van der Waals surface area contributed by atoms with Crippen LogP contribution in [0.2, 0.25) is 0 Å². The van der Waals surface area contributed by atoms with E-state index in [0.717, 1.165) is 36.8 Å². The third-order valence-electron chi connectivity index (χ3n) is 10.6. The number of hydrogen-bond donors (Lipinski definition) is 2. The van der Waals surface area contributed by atoms with Gasteiger partial charge >= 0.3 is 0 Å². The zero-order valence-corrected chi connectivity index (χ0v) is 32.5. The number of unbranched alkanes of at least 4 members (excludes halogenated alkanes) is 26. The summed E-state index contributed by atoms with van der Waals surface area (Å²) in [6.07, 6.45) is 39.3. The smallest absolute Gasteiger partial charge is 0.227 e. The Kier molecular flexibility index (Phi) is 29.8. The minimum Gasteiger partial charge on any atom is -0.359 e. The van der Waals surface area contributed by atoms with Gasteiger partial charge in [-0.15, -0.1) is 0 Å². The molecule has 2 amide bonds. The average molecular weight is 669 g/mol. The van der Waals surface area contributed by atoms with Gasteiger partial charge in [0.15, 0.2) is 0 Å². The first kappa shape index (κ1) is 44.2. The number of nitrogens with one attached hydrogen (secondary N) is 2. The van der Waals surface area contributed by atoms with E-state index in [2.05, 4.69) is 48.7 Å². The Hall–Kier alpha value is -1.84. The molecule has 0 fully saturated rings. The summed E-state index contributed by atoms with van der Waals surface area (Å²) < 4.78 is 0. The number of hydrogen-bond acceptors (Lipinski definition) is 2. The van der Waals surface area contributed by atoms with Crippen LogP contribution >= 0.6 is 0 Å². The minimum absolute atomic E-state index is 0.0997. The molecular weight excluding hydrogens is 588 g/mol. The van der Waals surface area contributed by atoms with Crippen LogP contribution in [0.1, 0.15) is 229 Å². The molecular formula is C44H80N2O2. The topological polar surface area (TPSA) is 58.2 Å². The number of carbonyl (C=O) groups is 2. The maximum Gasteiger partial charge on any atom is 0.227 e. The average Bonchev–Trinajstić information content (AvgIpc) is 3.11. The highest BCUT2D eigenvalue weighted by molar-refractivity contribution is 5.84. The molecule has 48 heavy (non-hydrogen) atoms. The SMILES string of the molecule is CCCCCCCCCCCCCCCCC(C(=O)NC)c1ccc(C(CCCCCCCCCCCCCCCC)C(=O)NC)cc1. The molecule has 278 valence electrons. The summed E-state index contributed by atoms with van der Waals surface area (Å²) in [5.74, 6) is -0.0401. The summed E-state index contributed by atoms with van der Waals surface area (Å²) in [4.78, 5) is 25.7. The lowest BCUT2D eigenvalue weighted by Crippen LogP contribution is -2.27. The van der Waals surface area contributed by atoms with E-state index in [0.29, 0.717) is 0 Å². The third kappa shape index (κ3) is 22.7. The summed E-state index contributed by atoms with van der Waals surface area (Å²) in [5.41, 5.74) is 2.14. The highest BCUT2D eigenvalue weighted by atomic mass is 16.2. The Morgan fingerprint density at radius 1 is 0.396 bits per heavy atom. The molecule has 2 unspecified atom stereocenters. The predicted molar refractivity (Wildman–Crippen MR) is 210 cm³/mol. The highest BCUT2D eigenvalue weighted by Gasteiger charge is 2.22. The van der Waals surface area contributed by atoms with Crippen LogP contribution in [0.15, 0.2) is 24.3 Å². The molecule has 0 aliphatic heterocycles. The number of likely N-dealkylation sites (N-methyl/N-ethyl adjacent to an activating group) is 2. The molecule has 0 saturated heterocycles. The summed E-state index contributed by atoms with van der Waals surface area (Å²) in [6, 6.07) is 8.39. The van der Waals surface area contributed by atoms with Gasteiger partial charge in [0, 0.05) is 14.1 Å². The van der Waals surface area contributed by atoms with Crippen molar-refractivity contribution in [3.05, 3.63) is 35.4 Å². The van der Waals surface area contributed by atoms with Crippen molar-refractivity contribution in [2.75, 3.05) is 14.1 Å². The van der Waals surface area contributed by atoms with Crippen molar-refractivity contribution >= 4 is 11.8 Å². The van der Waals surface area contributed by atoms with Crippen molar-refractivity contribution in [2.45, 2.75) is 218 Å². The number of rotatable bonds is 34. The molecule has 0 aliphatic carbocycles. The van der Waals surface area contributed by atoms with Crippen molar-refractivity contribution in [3.63, 3.8) is 0 Å². The van der Waals surface area contributed by atoms with Crippen molar-refractivity contribution < 1.29 is 9.59 Å². The van der Waals surface area contributed by atoms with E-state index in [1.807, 2.05) is 0 Å². The van der Waals surface area contributed by atoms with Crippen molar-refractivity contribution in [2.24, 2.45) is 0 Å². The Morgan fingerprint density at radius 2 is 0.604 bits per heavy atom. The van der Waals surface area contributed by atoms with Gasteiger partial charge in [-0.25, -0.2) is 0 Å². The molecule has 0 aliphatic rings. The monoisotopic (exact) mass is 669 g/mol. The molecule has 0 bridgehead atoms. The van der Waals surface area contributed by atoms with Crippen LogP contribution in [0.3, 0.4) is 0 Å². The van der Waals surface area contributed by atoms with Gasteiger partial charge in [0.05, 0.1) is 11.8 Å². The second kappa shape index (κ2) is 32.4. The zero-order chi connectivity index (χ0) is 34.9. The fourth-order valence-corrected chi connectivity index (χ4v) is 7.29. The molecule has 1 rings (SSSR count). The van der Waals surface area contributed by atoms with E-state index in [-0.39, 0.29) is 23.7 Å². The first-order chi connectivity index (χ1) is 23.6. The second-order valence-electron chi connectivity index (χ2n) is 14.8. The van der Waals surface area contributed by atoms with E-state index >= 15 is 0 Å². The minimum atomic E-state index is -0.120. The fourth-order valence-electron chi connectivity index (χ4n) is 7.29. The molecule has 0 aromatic heterocycles. The summed E-state index contributed by atoms with van der Waals surface area (Å²) in [5, 5.41) is 5.79. The third-order valence-corrected chi connectivity index (χ3v) is 10.6. The molecule has 1 aromatic rings. The van der Waals surface area contributed by atoms with Crippen LogP contribution in [0.4, 0.5) is 0 Å². The van der Waals surface area contributed by atoms with Crippen LogP contribution < -0.4 is 10.6 Å². The number of benzene rings is 1. The Labute approximate surface area is 299 Å². The molecule has 0 saturated carbocycles. The fraction of sp³-hybridized carbons (Fsp3) is 0.818. The van der Waals surface area contributed by atoms with Gasteiger partial charge in [-0.1, -0.05) is 218 Å². The van der Waals surface area contributed by atoms with Crippen LogP contribution in [0.25, 0.3) is 0 Å². The zero-order valence-electron chi connectivity index (χ0n) is 32.5. The molecule has 0 radical (unpaired) electrons. The molecule has 0 spiro atoms. The molecule has 2 N–H and O–H groups in total. The Morgan fingerprint density at radius 3 is 0.812 bits per heavy atom. The van der Waals surface area contributed by atoms with E-state index in [1.165, 1.54) is 167 Å². The summed E-state index contributed by atoms with van der Waals surface area (Å²) in [7, 11) is 3.49. The first-order valence-electron chi connectivity index (χ1n) is 21.1. The van der Waals surface area contributed by atoms with Gasteiger partial charge in [-0.05, 0) is 24.0 Å². The van der Waals surface area contributed by atoms with Crippen LogP contribution in [-0.4, -0.2) is 25.9 Å². The highest BCUT2D eigenvalue weighted by Crippen LogP contribution is 2.28. The quantitative estimate of drug-likeness (QED) is 0.0718. The normalized spacial score (nSPS) is 12.6. The van der Waals surface area contributed by atoms with Crippen LogP contribution in [-0.2, 0) is 9.59 Å². The Balaban J connectivity index is 2.33. The lowest BCUT2D eigenvalue weighted by atomic mass is 9.87. The van der Waals surface area contributed by atoms with E-state index in [9.17, 15) is 9.59 Å². The van der Waals surface area contributed by atoms with Gasteiger partial charge in [0.1, 0.15) is 0 Å². The molecule has 0 heterocycles. The molecule has 2 atom stereocenters. The maximum absolute atomic E-state index is 12.8. The lowest BCUT2D eigenvalue weighted by Gasteiger charge is -2.19. The van der Waals surface area contributed by atoms with Crippen LogP contribution in [0, 0.1) is 0 Å². The maximum atomic E-state index is 12.8. The second-order valence-corrected chi connectivity index (χ2v) is 14.8. The van der Waals surface area contributed by atoms with Crippen molar-refractivity contribution in [1.82, 2.24) is 10.6 Å². The van der Waals surface area contributed by atoms with Gasteiger partial charge < -0.3 is 10.6 Å². The largest absolute Gasteiger partial charge is 0.359 e. The standard InChI is InChI=1S/C44H80N2O2/c1-5-7-9-11-13-15-17-19-21-23-25-27-29-31-33-41(43(47)45-3)39-35-37-40(38-36-39)42(44(48)46-4)34-32-30-28-26-24-22-20-18-16-14-12-10-8-6-2/h35-38,41-42H,5-34H2,1-4H3,(H,45,47)(H,46,48). The molecule has 4 nitrogen and oxygen atoms in total. The van der Waals surface area contributed by atoms with E-state index < -0.39 is 0 Å². The van der Waals surface area contributed by atoms with Crippen molar-refractivity contribution in [3.8, 4) is 0 Å². The van der Waals surface area contributed by atoms with Gasteiger partial charge in [0.25, 0.3) is 0 Å². The van der Waals surface area contributed by atoms with Crippen LogP contribution in [0.5, 0.6) is 0 Å².